The fraction of sp³-hybridized carbons (Fsp3) is 0.389. The van der Waals surface area contributed by atoms with Crippen LogP contribution in [0.2, 0.25) is 0 Å². The number of thiophene rings is 1. The number of ether oxygens (including phenoxy) is 1. The second-order valence-electron chi connectivity index (χ2n) is 6.32. The highest BCUT2D eigenvalue weighted by molar-refractivity contribution is 7.14. The quantitative estimate of drug-likeness (QED) is 0.863. The predicted octanol–water partition coefficient (Wildman–Crippen LogP) is 4.62. The lowest BCUT2D eigenvalue weighted by atomic mass is 9.83. The fourth-order valence-electron chi connectivity index (χ4n) is 3.50. The van der Waals surface area contributed by atoms with E-state index in [2.05, 4.69) is 22.3 Å². The maximum absolute atomic E-state index is 12.4. The molecule has 3 saturated heterocycles. The minimum absolute atomic E-state index is 0. The molecule has 5 rings (SSSR count). The molecule has 1 N–H and O–H groups in total. The third-order valence-electron chi connectivity index (χ3n) is 4.90. The lowest BCUT2D eigenvalue weighted by Crippen LogP contribution is -2.54. The number of piperidine rings is 3. The second kappa shape index (κ2) is 7.13. The summed E-state index contributed by atoms with van der Waals surface area (Å²) in [6, 6.07) is 12.1. The summed E-state index contributed by atoms with van der Waals surface area (Å²) in [6.45, 7) is 3.13. The molecule has 3 fully saturated rings. The van der Waals surface area contributed by atoms with Crippen molar-refractivity contribution in [3.8, 4) is 10.4 Å². The molecule has 2 bridgehead atoms. The van der Waals surface area contributed by atoms with Crippen molar-refractivity contribution in [2.75, 3.05) is 25.0 Å². The van der Waals surface area contributed by atoms with Gasteiger partial charge in [-0.1, -0.05) is 30.3 Å². The molecule has 1 amide bonds. The first-order valence-electron chi connectivity index (χ1n) is 8.09. The maximum Gasteiger partial charge on any atom is 0.412 e. The molecule has 4 heterocycles. The molecule has 3 aliphatic rings. The first-order valence-corrected chi connectivity index (χ1v) is 8.97. The summed E-state index contributed by atoms with van der Waals surface area (Å²) in [5, 5.41) is 4.94. The van der Waals surface area contributed by atoms with Crippen LogP contribution in [-0.4, -0.2) is 36.2 Å². The molecule has 4 nitrogen and oxygen atoms in total. The van der Waals surface area contributed by atoms with Gasteiger partial charge in [-0.25, -0.2) is 4.79 Å². The highest BCUT2D eigenvalue weighted by atomic mass is 35.5. The molecule has 0 atom stereocenters. The van der Waals surface area contributed by atoms with E-state index in [0.29, 0.717) is 0 Å². The van der Waals surface area contributed by atoms with Gasteiger partial charge in [-0.05, 0) is 17.0 Å². The molecule has 0 saturated carbocycles. The zero-order chi connectivity index (χ0) is 15.7. The van der Waals surface area contributed by atoms with Crippen molar-refractivity contribution in [1.29, 1.82) is 0 Å². The molecule has 6 heteroatoms. The molecule has 3 aliphatic heterocycles. The molecular formula is C18H21ClN2O2S. The molecular weight excluding hydrogens is 344 g/mol. The Morgan fingerprint density at radius 2 is 1.75 bits per heavy atom. The zero-order valence-electron chi connectivity index (χ0n) is 13.4. The molecule has 1 aromatic heterocycles. The predicted molar refractivity (Wildman–Crippen MR) is 100 cm³/mol. The SMILES string of the molecule is Cl.O=C(Nc1ccsc1-c1ccccc1)OC12CCN(CC1)CC2. The van der Waals surface area contributed by atoms with Gasteiger partial charge in [0.1, 0.15) is 5.60 Å². The summed E-state index contributed by atoms with van der Waals surface area (Å²) in [6.07, 6.45) is 2.54. The van der Waals surface area contributed by atoms with Crippen molar-refractivity contribution in [2.45, 2.75) is 24.9 Å². The van der Waals surface area contributed by atoms with Gasteiger partial charge in [-0.3, -0.25) is 5.32 Å². The fourth-order valence-corrected chi connectivity index (χ4v) is 4.36. The molecule has 0 radical (unpaired) electrons. The van der Waals surface area contributed by atoms with Crippen molar-refractivity contribution in [2.24, 2.45) is 0 Å². The number of amides is 1. The van der Waals surface area contributed by atoms with Crippen molar-refractivity contribution in [3.05, 3.63) is 41.8 Å². The van der Waals surface area contributed by atoms with Gasteiger partial charge in [-0.2, -0.15) is 0 Å². The topological polar surface area (TPSA) is 41.6 Å². The first-order chi connectivity index (χ1) is 11.2. The van der Waals surface area contributed by atoms with Gasteiger partial charge in [-0.15, -0.1) is 23.7 Å². The number of nitrogens with one attached hydrogen (secondary N) is 1. The Bertz CT molecular complexity index is 682. The number of carbonyl (C=O) groups is 1. The Morgan fingerprint density at radius 1 is 1.08 bits per heavy atom. The van der Waals surface area contributed by atoms with E-state index in [1.807, 2.05) is 29.6 Å². The Hall–Kier alpha value is -1.56. The number of fused-ring (bicyclic) bond motifs is 3. The van der Waals surface area contributed by atoms with E-state index in [1.165, 1.54) is 0 Å². The normalized spacial score (nSPS) is 24.9. The van der Waals surface area contributed by atoms with Gasteiger partial charge in [0.05, 0.1) is 10.6 Å². The van der Waals surface area contributed by atoms with E-state index in [4.69, 9.17) is 4.74 Å². The van der Waals surface area contributed by atoms with Gasteiger partial charge in [0.25, 0.3) is 0 Å². The largest absolute Gasteiger partial charge is 0.443 e. The molecule has 1 aromatic carbocycles. The van der Waals surface area contributed by atoms with Crippen LogP contribution in [0.25, 0.3) is 10.4 Å². The molecule has 0 spiro atoms. The summed E-state index contributed by atoms with van der Waals surface area (Å²) < 4.78 is 5.86. The molecule has 128 valence electrons. The minimum Gasteiger partial charge on any atom is -0.443 e. The van der Waals surface area contributed by atoms with Crippen LogP contribution < -0.4 is 5.32 Å². The summed E-state index contributed by atoms with van der Waals surface area (Å²) in [4.78, 5) is 15.9. The average Bonchev–Trinajstić information content (AvgIpc) is 3.05. The molecule has 0 aliphatic carbocycles. The van der Waals surface area contributed by atoms with Crippen LogP contribution in [0.4, 0.5) is 10.5 Å². The smallest absolute Gasteiger partial charge is 0.412 e. The third kappa shape index (κ3) is 3.43. The number of carbonyl (C=O) groups excluding carboxylic acids is 1. The van der Waals surface area contributed by atoms with Crippen molar-refractivity contribution >= 4 is 35.5 Å². The number of halogens is 1. The number of anilines is 1. The minimum atomic E-state index is -0.323. The van der Waals surface area contributed by atoms with Gasteiger partial charge in [0.15, 0.2) is 0 Å². The van der Waals surface area contributed by atoms with Crippen molar-refractivity contribution < 1.29 is 9.53 Å². The van der Waals surface area contributed by atoms with Crippen molar-refractivity contribution in [1.82, 2.24) is 4.90 Å². The van der Waals surface area contributed by atoms with Crippen LogP contribution in [0, 0.1) is 0 Å². The molecule has 2 aromatic rings. The standard InChI is InChI=1S/C18H20N2O2S.ClH/c21-17(22-18-7-10-20(11-8-18)12-9-18)19-15-6-13-23-16(15)14-4-2-1-3-5-14;/h1-6,13H,7-12H2,(H,19,21);1H. The zero-order valence-corrected chi connectivity index (χ0v) is 15.0. The van der Waals surface area contributed by atoms with Crippen LogP contribution >= 0.6 is 23.7 Å². The summed E-state index contributed by atoms with van der Waals surface area (Å²) in [5.74, 6) is 0. The maximum atomic E-state index is 12.4. The Kier molecular flexibility index (Phi) is 5.13. The first kappa shape index (κ1) is 17.3. The average molecular weight is 365 g/mol. The van der Waals surface area contributed by atoms with E-state index < -0.39 is 0 Å². The molecule has 0 unspecified atom stereocenters. The van der Waals surface area contributed by atoms with Crippen LogP contribution in [0.3, 0.4) is 0 Å². The number of nitrogens with zero attached hydrogens (tertiary/aromatic N) is 1. The number of hydrogen-bond donors (Lipinski definition) is 1. The lowest BCUT2D eigenvalue weighted by molar-refractivity contribution is -0.0742. The van der Waals surface area contributed by atoms with E-state index in [0.717, 1.165) is 55.0 Å². The van der Waals surface area contributed by atoms with Gasteiger partial charge >= 0.3 is 6.09 Å². The Balaban J connectivity index is 0.00000169. The highest BCUT2D eigenvalue weighted by Gasteiger charge is 2.42. The summed E-state index contributed by atoms with van der Waals surface area (Å²) >= 11 is 1.63. The van der Waals surface area contributed by atoms with Crippen LogP contribution in [0.5, 0.6) is 0 Å². The molecule has 24 heavy (non-hydrogen) atoms. The van der Waals surface area contributed by atoms with Crippen LogP contribution in [0.1, 0.15) is 19.3 Å². The number of rotatable bonds is 3. The highest BCUT2D eigenvalue weighted by Crippen LogP contribution is 2.37. The number of hydrogen-bond acceptors (Lipinski definition) is 4. The summed E-state index contributed by atoms with van der Waals surface area (Å²) in [5.41, 5.74) is 1.69. The van der Waals surface area contributed by atoms with Crippen LogP contribution in [0.15, 0.2) is 41.8 Å². The monoisotopic (exact) mass is 364 g/mol. The van der Waals surface area contributed by atoms with E-state index >= 15 is 0 Å². The Labute approximate surface area is 152 Å². The third-order valence-corrected chi connectivity index (χ3v) is 5.86. The van der Waals surface area contributed by atoms with E-state index in [9.17, 15) is 4.79 Å². The van der Waals surface area contributed by atoms with Crippen molar-refractivity contribution in [3.63, 3.8) is 0 Å². The second-order valence-corrected chi connectivity index (χ2v) is 7.23. The van der Waals surface area contributed by atoms with E-state index in [1.54, 1.807) is 11.3 Å². The Morgan fingerprint density at radius 3 is 2.42 bits per heavy atom. The van der Waals surface area contributed by atoms with E-state index in [-0.39, 0.29) is 24.1 Å². The lowest BCUT2D eigenvalue weighted by Gasteiger charge is -2.47. The van der Waals surface area contributed by atoms with Gasteiger partial charge < -0.3 is 9.64 Å². The summed E-state index contributed by atoms with van der Waals surface area (Å²) in [7, 11) is 0. The van der Waals surface area contributed by atoms with Gasteiger partial charge in [0, 0.05) is 38.9 Å². The van der Waals surface area contributed by atoms with Gasteiger partial charge in [0.2, 0.25) is 0 Å². The number of benzene rings is 1. The van der Waals surface area contributed by atoms with Crippen LogP contribution in [-0.2, 0) is 4.74 Å².